The average Bonchev–Trinajstić information content (AvgIpc) is 3.66. The van der Waals surface area contributed by atoms with Crippen molar-refractivity contribution in [2.75, 3.05) is 18.0 Å². The minimum Gasteiger partial charge on any atom is -0.489 e. The SMILES string of the molecule is Cc1cc(OC=O)cnc1N1CC(O)(c2ccc(OCc3c(-c4c(Cl)cccc4Cl)noc3C3CC3)cc2Cl)C1. The molecular weight excluding hydrogens is 577 g/mol. The molecule has 3 heterocycles. The van der Waals surface area contributed by atoms with Gasteiger partial charge in [-0.25, -0.2) is 4.98 Å². The molecule has 2 aliphatic rings. The van der Waals surface area contributed by atoms with E-state index in [1.54, 1.807) is 42.5 Å². The molecule has 0 atom stereocenters. The van der Waals surface area contributed by atoms with Gasteiger partial charge in [0.2, 0.25) is 0 Å². The molecule has 40 heavy (non-hydrogen) atoms. The molecule has 0 unspecified atom stereocenters. The molecular formula is C29H24Cl3N3O5. The molecule has 2 fully saturated rings. The molecule has 0 amide bonds. The fourth-order valence-corrected chi connectivity index (χ4v) is 5.99. The number of aryl methyl sites for hydroxylation is 1. The zero-order valence-corrected chi connectivity index (χ0v) is 23.6. The van der Waals surface area contributed by atoms with Crippen molar-refractivity contribution in [2.45, 2.75) is 37.9 Å². The second kappa shape index (κ2) is 10.6. The molecule has 0 spiro atoms. The quantitative estimate of drug-likeness (QED) is 0.212. The first kappa shape index (κ1) is 26.9. The van der Waals surface area contributed by atoms with Crippen molar-refractivity contribution in [3.05, 3.63) is 86.2 Å². The van der Waals surface area contributed by atoms with Crippen LogP contribution in [0.1, 0.15) is 41.2 Å². The zero-order valence-electron chi connectivity index (χ0n) is 21.4. The Labute approximate surface area is 245 Å². The second-order valence-electron chi connectivity index (χ2n) is 10.1. The summed E-state index contributed by atoms with van der Waals surface area (Å²) in [5, 5.41) is 17.0. The molecule has 1 aliphatic heterocycles. The third-order valence-electron chi connectivity index (χ3n) is 7.21. The van der Waals surface area contributed by atoms with Crippen LogP contribution in [0.15, 0.2) is 53.2 Å². The van der Waals surface area contributed by atoms with Crippen molar-refractivity contribution in [2.24, 2.45) is 0 Å². The van der Waals surface area contributed by atoms with Crippen molar-refractivity contribution in [1.29, 1.82) is 0 Å². The number of anilines is 1. The number of pyridine rings is 1. The van der Waals surface area contributed by atoms with Crippen LogP contribution in [0.2, 0.25) is 15.1 Å². The highest BCUT2D eigenvalue weighted by atomic mass is 35.5. The first-order valence-electron chi connectivity index (χ1n) is 12.7. The van der Waals surface area contributed by atoms with Gasteiger partial charge in [-0.15, -0.1) is 0 Å². The number of halogens is 3. The standard InChI is InChI=1S/C29H24Cl3N3O5/c1-16-9-19(39-15-36)11-33-28(16)35-13-29(37,14-35)21-8-7-18(10-24(21)32)38-12-20-26(34-40-27(20)17-5-6-17)25-22(30)3-2-4-23(25)31/h2-4,7-11,15,17,37H,5-6,12-14H2,1H3. The fourth-order valence-electron chi connectivity index (χ4n) is 5.06. The Bertz CT molecular complexity index is 1580. The molecule has 11 heteroatoms. The number of benzene rings is 2. The summed E-state index contributed by atoms with van der Waals surface area (Å²) in [5.41, 5.74) is 2.26. The molecule has 206 valence electrons. The number of aliphatic hydroxyl groups is 1. The van der Waals surface area contributed by atoms with E-state index in [4.69, 9.17) is 48.8 Å². The maximum Gasteiger partial charge on any atom is 0.298 e. The number of nitrogens with zero attached hydrogens (tertiary/aromatic N) is 3. The van der Waals surface area contributed by atoms with E-state index in [1.807, 2.05) is 11.8 Å². The van der Waals surface area contributed by atoms with E-state index in [-0.39, 0.29) is 6.61 Å². The molecule has 1 saturated carbocycles. The van der Waals surface area contributed by atoms with Gasteiger partial charge in [-0.3, -0.25) is 4.79 Å². The molecule has 8 nitrogen and oxygen atoms in total. The zero-order chi connectivity index (χ0) is 28.0. The predicted molar refractivity (Wildman–Crippen MR) is 151 cm³/mol. The van der Waals surface area contributed by atoms with Gasteiger partial charge in [0.15, 0.2) is 0 Å². The number of hydrogen-bond donors (Lipinski definition) is 1. The summed E-state index contributed by atoms with van der Waals surface area (Å²) in [4.78, 5) is 16.9. The fraction of sp³-hybridized carbons (Fsp3) is 0.276. The largest absolute Gasteiger partial charge is 0.489 e. The Morgan fingerprint density at radius 3 is 2.50 bits per heavy atom. The first-order chi connectivity index (χ1) is 19.3. The lowest BCUT2D eigenvalue weighted by molar-refractivity contribution is -0.120. The van der Waals surface area contributed by atoms with Crippen LogP contribution in [-0.2, 0) is 17.0 Å². The maximum absolute atomic E-state index is 11.3. The van der Waals surface area contributed by atoms with Crippen molar-refractivity contribution >= 4 is 47.1 Å². The van der Waals surface area contributed by atoms with Gasteiger partial charge >= 0.3 is 0 Å². The third-order valence-corrected chi connectivity index (χ3v) is 8.15. The van der Waals surface area contributed by atoms with Crippen LogP contribution in [0.5, 0.6) is 11.5 Å². The van der Waals surface area contributed by atoms with Crippen LogP contribution in [0.4, 0.5) is 5.82 Å². The highest BCUT2D eigenvalue weighted by molar-refractivity contribution is 6.39. The Morgan fingerprint density at radius 2 is 1.85 bits per heavy atom. The predicted octanol–water partition coefficient (Wildman–Crippen LogP) is 6.70. The number of carbonyl (C=O) groups excluding carboxylic acids is 1. The van der Waals surface area contributed by atoms with Gasteiger partial charge < -0.3 is 24.0 Å². The molecule has 1 aliphatic carbocycles. The van der Waals surface area contributed by atoms with Crippen molar-refractivity contribution in [1.82, 2.24) is 10.1 Å². The Hall–Kier alpha value is -3.30. The van der Waals surface area contributed by atoms with Gasteiger partial charge in [0.1, 0.15) is 41.0 Å². The smallest absolute Gasteiger partial charge is 0.298 e. The minimum absolute atomic E-state index is 0.189. The van der Waals surface area contributed by atoms with Gasteiger partial charge in [0, 0.05) is 17.0 Å². The molecule has 1 saturated heterocycles. The lowest BCUT2D eigenvalue weighted by Gasteiger charge is -2.48. The van der Waals surface area contributed by atoms with Crippen LogP contribution in [0.25, 0.3) is 11.3 Å². The summed E-state index contributed by atoms with van der Waals surface area (Å²) in [5.74, 6) is 2.69. The summed E-state index contributed by atoms with van der Waals surface area (Å²) in [6.45, 7) is 3.03. The summed E-state index contributed by atoms with van der Waals surface area (Å²) in [6, 6.07) is 12.3. The monoisotopic (exact) mass is 599 g/mol. The van der Waals surface area contributed by atoms with Gasteiger partial charge in [-0.1, -0.05) is 52.1 Å². The lowest BCUT2D eigenvalue weighted by atomic mass is 9.85. The third kappa shape index (κ3) is 5.01. The molecule has 4 aromatic rings. The second-order valence-corrected chi connectivity index (χ2v) is 11.3. The Balaban J connectivity index is 1.18. The average molecular weight is 601 g/mol. The van der Waals surface area contributed by atoms with Crippen molar-refractivity contribution in [3.8, 4) is 22.8 Å². The van der Waals surface area contributed by atoms with Gasteiger partial charge in [-0.05, 0) is 55.7 Å². The highest BCUT2D eigenvalue weighted by Gasteiger charge is 2.45. The van der Waals surface area contributed by atoms with E-state index < -0.39 is 5.60 Å². The van der Waals surface area contributed by atoms with Gasteiger partial charge in [0.05, 0.1) is 39.9 Å². The number of ether oxygens (including phenoxy) is 2. The lowest BCUT2D eigenvalue weighted by Crippen LogP contribution is -2.60. The van der Waals surface area contributed by atoms with E-state index in [2.05, 4.69) is 10.1 Å². The summed E-state index contributed by atoms with van der Waals surface area (Å²) in [7, 11) is 0. The van der Waals surface area contributed by atoms with Crippen LogP contribution < -0.4 is 14.4 Å². The summed E-state index contributed by atoms with van der Waals surface area (Å²) >= 11 is 19.6. The number of hydrogen-bond acceptors (Lipinski definition) is 8. The maximum atomic E-state index is 11.3. The van der Waals surface area contributed by atoms with Crippen molar-refractivity contribution < 1.29 is 23.9 Å². The summed E-state index contributed by atoms with van der Waals surface area (Å²) < 4.78 is 16.7. The first-order valence-corrected chi connectivity index (χ1v) is 13.8. The number of β-amino-alcohol motifs (C(OH)–C–C–N with tert-alkyl or cyclic N) is 1. The van der Waals surface area contributed by atoms with Crippen LogP contribution >= 0.6 is 34.8 Å². The molecule has 6 rings (SSSR count). The minimum atomic E-state index is -1.15. The molecule has 0 radical (unpaired) electrons. The summed E-state index contributed by atoms with van der Waals surface area (Å²) in [6.07, 6.45) is 3.53. The molecule has 0 bridgehead atoms. The molecule has 1 N–H and O–H groups in total. The van der Waals surface area contributed by atoms with E-state index >= 15 is 0 Å². The number of aromatic nitrogens is 2. The molecule has 2 aromatic heterocycles. The van der Waals surface area contributed by atoms with E-state index in [1.165, 1.54) is 6.20 Å². The van der Waals surface area contributed by atoms with Crippen molar-refractivity contribution in [3.63, 3.8) is 0 Å². The van der Waals surface area contributed by atoms with Gasteiger partial charge in [-0.2, -0.15) is 0 Å². The topological polar surface area (TPSA) is 97.9 Å². The highest BCUT2D eigenvalue weighted by Crippen LogP contribution is 2.46. The van der Waals surface area contributed by atoms with Gasteiger partial charge in [0.25, 0.3) is 6.47 Å². The van der Waals surface area contributed by atoms with E-state index in [9.17, 15) is 9.90 Å². The normalized spacial score (nSPS) is 16.0. The number of rotatable bonds is 9. The Morgan fingerprint density at radius 1 is 1.10 bits per heavy atom. The molecule has 2 aromatic carbocycles. The van der Waals surface area contributed by atoms with E-state index in [0.29, 0.717) is 74.7 Å². The number of carbonyl (C=O) groups is 1. The Kier molecular flexibility index (Phi) is 7.12. The van der Waals surface area contributed by atoms with Crippen LogP contribution in [0, 0.1) is 6.92 Å². The van der Waals surface area contributed by atoms with Crippen LogP contribution in [-0.4, -0.2) is 34.8 Å². The van der Waals surface area contributed by atoms with E-state index in [0.717, 1.165) is 29.7 Å². The van der Waals surface area contributed by atoms with Crippen LogP contribution in [0.3, 0.4) is 0 Å².